The van der Waals surface area contributed by atoms with Gasteiger partial charge in [-0.15, -0.1) is 25.5 Å². The summed E-state index contributed by atoms with van der Waals surface area (Å²) in [4.78, 5) is 2.25. The average Bonchev–Trinajstić information content (AvgIpc) is 3.84. The molecule has 1 radical (unpaired) electrons. The minimum absolute atomic E-state index is 0. The molecule has 0 spiro atoms. The standard InChI is InChI=1S/C62H50N10O3.Cu.H2O/c1-36-11-18-45(19-12-36)63-47-23-28-52-44(34-47)30-41(6)59(62(52)74)66-67-61-54-27-13-37(2)29-55(54)56(35-58(61)73)65-64-48-20-16-42(38(3)31-48)14-15-43-17-24-50(32-39(43)4)72(75)68-46-21-25-49(26-22-46)71-69-57-33-40(5)51-9-7-8-10-53(51)60(57)70-71;;/h7-35,63,73-74H,1-6H3;;1H2. The van der Waals surface area contributed by atoms with Gasteiger partial charge in [-0.1, -0.05) is 82.7 Å². The number of phenolic OH excluding ortho intramolecular Hbond substituents is 2. The monoisotopic (exact) mass is 1060 g/mol. The summed E-state index contributed by atoms with van der Waals surface area (Å²) < 4.78 is 0. The van der Waals surface area contributed by atoms with Crippen molar-refractivity contribution in [2.45, 2.75) is 41.5 Å². The number of azo groups is 3. The van der Waals surface area contributed by atoms with Crippen LogP contribution in [0.25, 0.3) is 61.2 Å². The number of hydrogen-bond donors (Lipinski definition) is 3. The summed E-state index contributed by atoms with van der Waals surface area (Å²) in [6, 6.07) is 52.0. The Labute approximate surface area is 454 Å². The molecule has 385 valence electrons. The molecule has 14 nitrogen and oxygen atoms in total. The largest absolute Gasteiger partial charge is 0.594 e. The molecule has 0 aliphatic carbocycles. The minimum atomic E-state index is -0.126. The summed E-state index contributed by atoms with van der Waals surface area (Å²) >= 11 is 0. The molecule has 0 aliphatic rings. The first-order valence-corrected chi connectivity index (χ1v) is 24.5. The van der Waals surface area contributed by atoms with Gasteiger partial charge in [0.05, 0.1) is 17.1 Å². The van der Waals surface area contributed by atoms with Crippen LogP contribution in [0, 0.1) is 46.7 Å². The number of aromatic nitrogens is 3. The third-order valence-electron chi connectivity index (χ3n) is 13.4. The van der Waals surface area contributed by atoms with Crippen LogP contribution in [-0.2, 0) is 17.1 Å². The number of rotatable bonds is 11. The van der Waals surface area contributed by atoms with Crippen LogP contribution in [0.1, 0.15) is 44.5 Å². The maximum atomic E-state index is 13.3. The molecule has 0 saturated carbocycles. The van der Waals surface area contributed by atoms with Crippen molar-refractivity contribution < 1.29 is 37.6 Å². The van der Waals surface area contributed by atoms with Gasteiger partial charge < -0.3 is 26.2 Å². The van der Waals surface area contributed by atoms with Crippen LogP contribution < -0.4 is 5.32 Å². The number of nitrogens with zero attached hydrogens (tertiary/aromatic N) is 9. The molecule has 0 fully saturated rings. The Morgan fingerprint density at radius 3 is 1.94 bits per heavy atom. The van der Waals surface area contributed by atoms with E-state index in [2.05, 4.69) is 75.1 Å². The number of aryl methyl sites for hydroxylation is 6. The zero-order chi connectivity index (χ0) is 51.9. The Bertz CT molecular complexity index is 4210. The maximum absolute atomic E-state index is 13.3. The predicted octanol–water partition coefficient (Wildman–Crippen LogP) is 17.0. The van der Waals surface area contributed by atoms with Gasteiger partial charge >= 0.3 is 0 Å². The molecule has 11 rings (SSSR count). The van der Waals surface area contributed by atoms with E-state index in [0.717, 1.165) is 88.6 Å². The van der Waals surface area contributed by atoms with E-state index in [0.29, 0.717) is 44.1 Å². The fraction of sp³-hybridized carbons (Fsp3) is 0.0968. The molecule has 0 unspecified atom stereocenters. The van der Waals surface area contributed by atoms with E-state index in [1.165, 1.54) is 11.6 Å². The van der Waals surface area contributed by atoms with Crippen molar-refractivity contribution in [1.29, 1.82) is 0 Å². The van der Waals surface area contributed by atoms with Gasteiger partial charge in [0.15, 0.2) is 5.75 Å². The van der Waals surface area contributed by atoms with E-state index in [4.69, 9.17) is 10.2 Å². The SMILES string of the molecule is Cc1ccc(Nc2ccc3c(O)c(N=Nc4c(O)cc(N=Nc5ccc(C=Cc6ccc([N+]([O-])=Nc7ccc(-n8nc9cc(C)c%10ccccc%10c9n8)cc7)cc6C)c(C)c5)c5cc(C)ccc45)c(C)cc3c2)cc1.O.[Cu]. The van der Waals surface area contributed by atoms with Gasteiger partial charge in [0.1, 0.15) is 33.8 Å². The first kappa shape index (κ1) is 52.5. The van der Waals surface area contributed by atoms with Crippen molar-refractivity contribution in [2.24, 2.45) is 25.6 Å². The molecule has 0 atom stereocenters. The van der Waals surface area contributed by atoms with Gasteiger partial charge in [-0.3, -0.25) is 0 Å². The zero-order valence-corrected chi connectivity index (χ0v) is 43.8. The van der Waals surface area contributed by atoms with Crippen LogP contribution in [0.5, 0.6) is 11.5 Å². The second-order valence-electron chi connectivity index (χ2n) is 18.9. The van der Waals surface area contributed by atoms with E-state index >= 15 is 0 Å². The number of benzene rings is 10. The summed E-state index contributed by atoms with van der Waals surface area (Å²) in [6.07, 6.45) is 4.05. The fourth-order valence-electron chi connectivity index (χ4n) is 9.32. The van der Waals surface area contributed by atoms with Crippen LogP contribution in [0.15, 0.2) is 189 Å². The smallest absolute Gasteiger partial charge is 0.245 e. The zero-order valence-electron chi connectivity index (χ0n) is 42.9. The first-order valence-electron chi connectivity index (χ1n) is 24.5. The van der Waals surface area contributed by atoms with Crippen LogP contribution in [0.4, 0.5) is 45.5 Å². The Hall–Kier alpha value is -9.40. The summed E-state index contributed by atoms with van der Waals surface area (Å²) in [5, 5.41) is 76.6. The van der Waals surface area contributed by atoms with E-state index in [1.54, 1.807) is 23.0 Å². The molecule has 0 bridgehead atoms. The Kier molecular flexibility index (Phi) is 14.9. The van der Waals surface area contributed by atoms with Crippen LogP contribution in [-0.4, -0.2) is 35.5 Å². The maximum Gasteiger partial charge on any atom is 0.245 e. The Balaban J connectivity index is 0.00000361. The van der Waals surface area contributed by atoms with Crippen molar-refractivity contribution >= 4 is 101 Å². The van der Waals surface area contributed by atoms with Gasteiger partial charge in [-0.25, -0.2) is 0 Å². The summed E-state index contributed by atoms with van der Waals surface area (Å²) in [7, 11) is 0. The van der Waals surface area contributed by atoms with Gasteiger partial charge in [0.2, 0.25) is 5.69 Å². The van der Waals surface area contributed by atoms with Crippen molar-refractivity contribution in [1.82, 2.24) is 15.0 Å². The summed E-state index contributed by atoms with van der Waals surface area (Å²) in [5.74, 6) is -0.122. The molecule has 1 aromatic heterocycles. The predicted molar refractivity (Wildman–Crippen MR) is 305 cm³/mol. The quantitative estimate of drug-likeness (QED) is 0.0378. The number of anilines is 2. The van der Waals surface area contributed by atoms with Crippen LogP contribution in [0.2, 0.25) is 0 Å². The van der Waals surface area contributed by atoms with Crippen molar-refractivity contribution in [3.63, 3.8) is 0 Å². The number of fused-ring (bicyclic) bond motifs is 5. The second-order valence-corrected chi connectivity index (χ2v) is 18.9. The molecular formula is C62H52CuN10O4. The number of hydrogen-bond acceptors (Lipinski definition) is 11. The van der Waals surface area contributed by atoms with E-state index in [9.17, 15) is 15.4 Å². The van der Waals surface area contributed by atoms with Crippen molar-refractivity contribution in [3.05, 3.63) is 214 Å². The molecular weight excluding hydrogens is 1010 g/mol. The van der Waals surface area contributed by atoms with Crippen molar-refractivity contribution in [3.8, 4) is 17.2 Å². The molecule has 15 heteroatoms. The molecule has 0 saturated heterocycles. The van der Waals surface area contributed by atoms with E-state index in [1.807, 2.05) is 149 Å². The van der Waals surface area contributed by atoms with Gasteiger partial charge in [0, 0.05) is 73.3 Å². The summed E-state index contributed by atoms with van der Waals surface area (Å²) in [5.41, 5.74) is 14.8. The average molecular weight is 1060 g/mol. The third-order valence-corrected chi connectivity index (χ3v) is 13.4. The van der Waals surface area contributed by atoms with Crippen LogP contribution in [0.3, 0.4) is 0 Å². The summed E-state index contributed by atoms with van der Waals surface area (Å²) in [6.45, 7) is 12.0. The van der Waals surface area contributed by atoms with E-state index in [-0.39, 0.29) is 39.7 Å². The number of aromatic hydroxyl groups is 2. The molecule has 77 heavy (non-hydrogen) atoms. The van der Waals surface area contributed by atoms with Gasteiger partial charge in [-0.05, 0) is 177 Å². The molecule has 0 aliphatic heterocycles. The molecule has 1 heterocycles. The molecule has 10 aromatic carbocycles. The van der Waals surface area contributed by atoms with Crippen LogP contribution >= 0.6 is 0 Å². The Morgan fingerprint density at radius 2 is 1.19 bits per heavy atom. The van der Waals surface area contributed by atoms with Gasteiger partial charge in [0.25, 0.3) is 0 Å². The van der Waals surface area contributed by atoms with Crippen molar-refractivity contribution in [2.75, 3.05) is 5.32 Å². The third kappa shape index (κ3) is 10.8. The molecule has 0 amide bonds. The Morgan fingerprint density at radius 1 is 0.532 bits per heavy atom. The minimum Gasteiger partial charge on any atom is -0.594 e. The fourth-order valence-corrected chi connectivity index (χ4v) is 9.32. The first-order chi connectivity index (χ1) is 36.3. The number of nitrogens with one attached hydrogen (secondary N) is 1. The number of phenols is 2. The van der Waals surface area contributed by atoms with E-state index < -0.39 is 0 Å². The second kappa shape index (κ2) is 21.8. The topological polar surface area (TPSA) is 203 Å². The molecule has 5 N–H and O–H groups in total. The molecule has 11 aromatic rings. The van der Waals surface area contributed by atoms with Gasteiger partial charge in [-0.2, -0.15) is 9.91 Å². The normalized spacial score (nSPS) is 11.9.